The van der Waals surface area contributed by atoms with Crippen LogP contribution in [0.3, 0.4) is 0 Å². The maximum atomic E-state index is 13.1. The molecule has 132 valence electrons. The standard InChI is InChI=1S/C22H14BrClN2O/c23-17-8-6-15(7-9-17)14-20-22(27)26(19-12-10-18(24)11-13-19)21(25-20)16-4-2-1-3-5-16/h1-14H/b20-14+. The SMILES string of the molecule is O=C1/C(=C\c2ccc(Br)cc2)N=C(c2ccccc2)N1c1ccc(Cl)cc1. The molecule has 0 unspecified atom stereocenters. The molecule has 5 heteroatoms. The van der Waals surface area contributed by atoms with Crippen molar-refractivity contribution >= 4 is 51.0 Å². The number of amidine groups is 1. The summed E-state index contributed by atoms with van der Waals surface area (Å²) in [6.07, 6.45) is 1.80. The Morgan fingerprint density at radius 3 is 2.22 bits per heavy atom. The molecular weight excluding hydrogens is 424 g/mol. The Hall–Kier alpha value is -2.69. The summed E-state index contributed by atoms with van der Waals surface area (Å²) in [5.74, 6) is 0.436. The number of carbonyl (C=O) groups is 1. The van der Waals surface area contributed by atoms with Crippen LogP contribution in [0.15, 0.2) is 94.0 Å². The van der Waals surface area contributed by atoms with Gasteiger partial charge in [0.05, 0.1) is 5.69 Å². The van der Waals surface area contributed by atoms with Gasteiger partial charge in [-0.15, -0.1) is 0 Å². The Morgan fingerprint density at radius 1 is 0.889 bits per heavy atom. The van der Waals surface area contributed by atoms with E-state index in [4.69, 9.17) is 11.6 Å². The molecule has 27 heavy (non-hydrogen) atoms. The van der Waals surface area contributed by atoms with Crippen LogP contribution in [-0.4, -0.2) is 11.7 Å². The number of hydrogen-bond acceptors (Lipinski definition) is 2. The molecule has 0 N–H and O–H groups in total. The first kappa shape index (κ1) is 17.7. The lowest BCUT2D eigenvalue weighted by Crippen LogP contribution is -2.32. The van der Waals surface area contributed by atoms with E-state index in [1.165, 1.54) is 0 Å². The van der Waals surface area contributed by atoms with Crippen molar-refractivity contribution in [3.8, 4) is 0 Å². The zero-order valence-corrected chi connectivity index (χ0v) is 16.5. The Morgan fingerprint density at radius 2 is 1.56 bits per heavy atom. The van der Waals surface area contributed by atoms with Gasteiger partial charge in [0.15, 0.2) is 0 Å². The molecular formula is C22H14BrClN2O. The highest BCUT2D eigenvalue weighted by molar-refractivity contribution is 9.10. The van der Waals surface area contributed by atoms with Crippen LogP contribution < -0.4 is 4.90 Å². The number of rotatable bonds is 3. The summed E-state index contributed by atoms with van der Waals surface area (Å²) in [6.45, 7) is 0. The number of nitrogens with zero attached hydrogens (tertiary/aromatic N) is 2. The van der Waals surface area contributed by atoms with Crippen molar-refractivity contribution in [2.45, 2.75) is 0 Å². The highest BCUT2D eigenvalue weighted by Gasteiger charge is 2.32. The summed E-state index contributed by atoms with van der Waals surface area (Å²) in [5, 5.41) is 0.620. The maximum Gasteiger partial charge on any atom is 0.282 e. The molecule has 3 nitrogen and oxygen atoms in total. The first-order chi connectivity index (χ1) is 13.1. The molecule has 0 fully saturated rings. The molecule has 1 heterocycles. The van der Waals surface area contributed by atoms with Gasteiger partial charge in [-0.25, -0.2) is 4.99 Å². The summed E-state index contributed by atoms with van der Waals surface area (Å²) in [7, 11) is 0. The van der Waals surface area contributed by atoms with Crippen LogP contribution in [-0.2, 0) is 4.79 Å². The van der Waals surface area contributed by atoms with Crippen molar-refractivity contribution in [3.05, 3.63) is 105 Å². The van der Waals surface area contributed by atoms with E-state index in [9.17, 15) is 4.79 Å². The zero-order chi connectivity index (χ0) is 18.8. The molecule has 3 aromatic carbocycles. The first-order valence-corrected chi connectivity index (χ1v) is 9.50. The van der Waals surface area contributed by atoms with E-state index in [0.717, 1.165) is 21.3 Å². The second-order valence-corrected chi connectivity index (χ2v) is 7.35. The monoisotopic (exact) mass is 436 g/mol. The molecule has 0 aromatic heterocycles. The van der Waals surface area contributed by atoms with Gasteiger partial charge in [0.2, 0.25) is 0 Å². The van der Waals surface area contributed by atoms with E-state index >= 15 is 0 Å². The predicted octanol–water partition coefficient (Wildman–Crippen LogP) is 5.94. The topological polar surface area (TPSA) is 32.7 Å². The number of aliphatic imine (C=N–C) groups is 1. The Kier molecular flexibility index (Phi) is 4.92. The van der Waals surface area contributed by atoms with Crippen LogP contribution in [0.4, 0.5) is 5.69 Å². The summed E-state index contributed by atoms with van der Waals surface area (Å²) in [4.78, 5) is 19.4. The number of hydrogen-bond donors (Lipinski definition) is 0. The molecule has 0 aliphatic carbocycles. The van der Waals surface area contributed by atoms with E-state index in [1.807, 2.05) is 66.7 Å². The molecule has 4 rings (SSSR count). The van der Waals surface area contributed by atoms with E-state index in [1.54, 1.807) is 23.1 Å². The van der Waals surface area contributed by atoms with Gasteiger partial charge in [0, 0.05) is 15.1 Å². The second-order valence-electron chi connectivity index (χ2n) is 6.00. The van der Waals surface area contributed by atoms with Crippen molar-refractivity contribution in [1.82, 2.24) is 0 Å². The van der Waals surface area contributed by atoms with Crippen LogP contribution in [0.1, 0.15) is 11.1 Å². The number of anilines is 1. The van der Waals surface area contributed by atoms with E-state index in [0.29, 0.717) is 16.6 Å². The van der Waals surface area contributed by atoms with Crippen LogP contribution in [0.5, 0.6) is 0 Å². The molecule has 3 aromatic rings. The van der Waals surface area contributed by atoms with Crippen molar-refractivity contribution in [3.63, 3.8) is 0 Å². The van der Waals surface area contributed by atoms with Gasteiger partial charge in [0.25, 0.3) is 5.91 Å². The van der Waals surface area contributed by atoms with Crippen molar-refractivity contribution in [2.24, 2.45) is 4.99 Å². The molecule has 0 saturated heterocycles. The lowest BCUT2D eigenvalue weighted by Gasteiger charge is -2.18. The smallest absolute Gasteiger partial charge is 0.266 e. The van der Waals surface area contributed by atoms with Crippen LogP contribution >= 0.6 is 27.5 Å². The Balaban J connectivity index is 1.80. The minimum atomic E-state index is -0.168. The molecule has 0 spiro atoms. The van der Waals surface area contributed by atoms with Crippen molar-refractivity contribution < 1.29 is 4.79 Å². The van der Waals surface area contributed by atoms with E-state index in [-0.39, 0.29) is 5.91 Å². The molecule has 1 aliphatic rings. The fourth-order valence-corrected chi connectivity index (χ4v) is 3.23. The third kappa shape index (κ3) is 3.72. The quantitative estimate of drug-likeness (QED) is 0.467. The maximum absolute atomic E-state index is 13.1. The number of carbonyl (C=O) groups excluding carboxylic acids is 1. The van der Waals surface area contributed by atoms with Gasteiger partial charge in [-0.05, 0) is 48.0 Å². The van der Waals surface area contributed by atoms with Crippen molar-refractivity contribution in [1.29, 1.82) is 0 Å². The highest BCUT2D eigenvalue weighted by Crippen LogP contribution is 2.29. The minimum Gasteiger partial charge on any atom is -0.266 e. The number of halogens is 2. The zero-order valence-electron chi connectivity index (χ0n) is 14.1. The van der Waals surface area contributed by atoms with Gasteiger partial charge < -0.3 is 0 Å². The van der Waals surface area contributed by atoms with Gasteiger partial charge in [0.1, 0.15) is 11.5 Å². The second kappa shape index (κ2) is 7.51. The molecule has 0 bridgehead atoms. The first-order valence-electron chi connectivity index (χ1n) is 8.33. The molecule has 1 amide bonds. The fraction of sp³-hybridized carbons (Fsp3) is 0. The lowest BCUT2D eigenvalue weighted by molar-refractivity contribution is -0.113. The molecule has 0 saturated carbocycles. The Bertz CT molecular complexity index is 1040. The van der Waals surface area contributed by atoms with Crippen LogP contribution in [0.25, 0.3) is 6.08 Å². The normalized spacial score (nSPS) is 15.3. The summed E-state index contributed by atoms with van der Waals surface area (Å²) in [6, 6.07) is 24.6. The fourth-order valence-electron chi connectivity index (χ4n) is 2.84. The molecule has 0 atom stereocenters. The van der Waals surface area contributed by atoms with E-state index < -0.39 is 0 Å². The van der Waals surface area contributed by atoms with Crippen molar-refractivity contribution in [2.75, 3.05) is 4.90 Å². The van der Waals surface area contributed by atoms with Crippen LogP contribution in [0.2, 0.25) is 5.02 Å². The third-order valence-electron chi connectivity index (χ3n) is 4.15. The van der Waals surface area contributed by atoms with Gasteiger partial charge in [-0.3, -0.25) is 9.69 Å². The number of benzene rings is 3. The van der Waals surface area contributed by atoms with Gasteiger partial charge in [-0.2, -0.15) is 0 Å². The lowest BCUT2D eigenvalue weighted by atomic mass is 10.1. The average molecular weight is 438 g/mol. The Labute approximate surface area is 170 Å². The third-order valence-corrected chi connectivity index (χ3v) is 4.93. The van der Waals surface area contributed by atoms with E-state index in [2.05, 4.69) is 20.9 Å². The average Bonchev–Trinajstić information content (AvgIpc) is 3.01. The largest absolute Gasteiger partial charge is 0.282 e. The number of amides is 1. The van der Waals surface area contributed by atoms with Gasteiger partial charge in [-0.1, -0.05) is 70.0 Å². The van der Waals surface area contributed by atoms with Gasteiger partial charge >= 0.3 is 0 Å². The summed E-state index contributed by atoms with van der Waals surface area (Å²) >= 11 is 9.43. The minimum absolute atomic E-state index is 0.168. The molecule has 0 radical (unpaired) electrons. The highest BCUT2D eigenvalue weighted by atomic mass is 79.9. The summed E-state index contributed by atoms with van der Waals surface area (Å²) in [5.41, 5.74) is 2.91. The predicted molar refractivity (Wildman–Crippen MR) is 114 cm³/mol. The summed E-state index contributed by atoms with van der Waals surface area (Å²) < 4.78 is 0.985. The molecule has 1 aliphatic heterocycles. The van der Waals surface area contributed by atoms with Crippen LogP contribution in [0, 0.1) is 0 Å².